The summed E-state index contributed by atoms with van der Waals surface area (Å²) in [4.78, 5) is 26.4. The minimum Gasteiger partial charge on any atom is -0.478 e. The maximum Gasteiger partial charge on any atom is 0.336 e. The molecule has 8 heteroatoms. The lowest BCUT2D eigenvalue weighted by Gasteiger charge is -2.04. The first-order valence-corrected chi connectivity index (χ1v) is 9.15. The van der Waals surface area contributed by atoms with E-state index in [2.05, 4.69) is 4.98 Å². The van der Waals surface area contributed by atoms with Crippen LogP contribution in [0.3, 0.4) is 0 Å². The third-order valence-electron chi connectivity index (χ3n) is 4.43. The van der Waals surface area contributed by atoms with Gasteiger partial charge in [0.15, 0.2) is 0 Å². The van der Waals surface area contributed by atoms with Crippen molar-refractivity contribution in [3.8, 4) is 11.3 Å². The number of pyridine rings is 1. The summed E-state index contributed by atoms with van der Waals surface area (Å²) in [7, 11) is 0. The highest BCUT2D eigenvalue weighted by atomic mass is 35.5. The molecule has 148 valence electrons. The van der Waals surface area contributed by atoms with Crippen LogP contribution in [-0.4, -0.2) is 21.0 Å². The molecule has 30 heavy (non-hydrogen) atoms. The highest BCUT2D eigenvalue weighted by Crippen LogP contribution is 2.26. The topological polar surface area (TPSA) is 106 Å². The fourth-order valence-electron chi connectivity index (χ4n) is 2.99. The molecule has 0 radical (unpaired) electrons. The number of nitro benzene ring substituents is 1. The molecule has 4 rings (SSSR count). The second-order valence-corrected chi connectivity index (χ2v) is 6.84. The van der Waals surface area contributed by atoms with Crippen LogP contribution in [0, 0.1) is 10.1 Å². The standard InChI is InChI=1S/C22H13ClN2O5/c23-14-3-9-20-18(11-14)19(22(26)27)12-15(24-20)4-7-17-8-10-21(30-17)13-1-5-16(6-2-13)25(28)29/h1-12H,(H,26,27). The Kier molecular flexibility index (Phi) is 5.04. The van der Waals surface area contributed by atoms with Crippen LogP contribution in [0.1, 0.15) is 21.8 Å². The van der Waals surface area contributed by atoms with Crippen molar-refractivity contribution in [2.45, 2.75) is 0 Å². The molecule has 0 amide bonds. The zero-order valence-corrected chi connectivity index (χ0v) is 16.0. The van der Waals surface area contributed by atoms with Gasteiger partial charge in [-0.1, -0.05) is 11.6 Å². The summed E-state index contributed by atoms with van der Waals surface area (Å²) in [6, 6.07) is 15.9. The van der Waals surface area contributed by atoms with Crippen molar-refractivity contribution in [2.24, 2.45) is 0 Å². The lowest BCUT2D eigenvalue weighted by Crippen LogP contribution is -2.00. The van der Waals surface area contributed by atoms with Crippen LogP contribution in [0.15, 0.2) is 65.1 Å². The Bertz CT molecular complexity index is 1310. The molecule has 0 saturated heterocycles. The number of carboxylic acid groups (broad SMARTS) is 1. The average Bonchev–Trinajstić information content (AvgIpc) is 3.21. The van der Waals surface area contributed by atoms with Gasteiger partial charge < -0.3 is 9.52 Å². The predicted molar refractivity (Wildman–Crippen MR) is 113 cm³/mol. The molecule has 1 N–H and O–H groups in total. The number of carboxylic acids is 1. The highest BCUT2D eigenvalue weighted by Gasteiger charge is 2.12. The Morgan fingerprint density at radius 2 is 1.83 bits per heavy atom. The van der Waals surface area contributed by atoms with Gasteiger partial charge in [-0.15, -0.1) is 0 Å². The Balaban J connectivity index is 1.63. The van der Waals surface area contributed by atoms with Gasteiger partial charge in [0.1, 0.15) is 11.5 Å². The van der Waals surface area contributed by atoms with Gasteiger partial charge in [0.05, 0.1) is 21.7 Å². The SMILES string of the molecule is O=C(O)c1cc(C=Cc2ccc(-c3ccc([N+](=O)[O-])cc3)o2)nc2ccc(Cl)cc12. The fourth-order valence-corrected chi connectivity index (χ4v) is 3.17. The van der Waals surface area contributed by atoms with Crippen molar-refractivity contribution >= 4 is 46.3 Å². The van der Waals surface area contributed by atoms with Crippen LogP contribution >= 0.6 is 11.6 Å². The van der Waals surface area contributed by atoms with Gasteiger partial charge in [0.25, 0.3) is 5.69 Å². The van der Waals surface area contributed by atoms with Crippen molar-refractivity contribution < 1.29 is 19.2 Å². The number of furan rings is 1. The molecule has 0 fully saturated rings. The van der Waals surface area contributed by atoms with Gasteiger partial charge in [-0.3, -0.25) is 10.1 Å². The normalized spacial score (nSPS) is 11.2. The van der Waals surface area contributed by atoms with Crippen molar-refractivity contribution in [1.29, 1.82) is 0 Å². The van der Waals surface area contributed by atoms with Gasteiger partial charge in [0, 0.05) is 28.1 Å². The number of fused-ring (bicyclic) bond motifs is 1. The second kappa shape index (κ2) is 7.81. The number of carbonyl (C=O) groups is 1. The van der Waals surface area contributed by atoms with Gasteiger partial charge in [-0.05, 0) is 60.7 Å². The minimum absolute atomic E-state index is 0.00308. The van der Waals surface area contributed by atoms with Crippen LogP contribution in [0.2, 0.25) is 5.02 Å². The van der Waals surface area contributed by atoms with E-state index in [4.69, 9.17) is 16.0 Å². The lowest BCUT2D eigenvalue weighted by atomic mass is 10.1. The van der Waals surface area contributed by atoms with Crippen LogP contribution in [-0.2, 0) is 0 Å². The van der Waals surface area contributed by atoms with E-state index in [0.717, 1.165) is 0 Å². The van der Waals surface area contributed by atoms with E-state index in [1.807, 2.05) is 0 Å². The number of hydrogen-bond acceptors (Lipinski definition) is 5. The number of benzene rings is 2. The van der Waals surface area contributed by atoms with Crippen LogP contribution in [0.5, 0.6) is 0 Å². The Hall–Kier alpha value is -3.97. The van der Waals surface area contributed by atoms with Crippen LogP contribution in [0.4, 0.5) is 5.69 Å². The molecule has 0 atom stereocenters. The summed E-state index contributed by atoms with van der Waals surface area (Å²) < 4.78 is 5.75. The number of halogens is 1. The average molecular weight is 421 g/mol. The third-order valence-corrected chi connectivity index (χ3v) is 4.66. The summed E-state index contributed by atoms with van der Waals surface area (Å²) in [5, 5.41) is 21.2. The molecule has 0 aliphatic rings. The minimum atomic E-state index is -1.07. The van der Waals surface area contributed by atoms with Gasteiger partial charge in [-0.2, -0.15) is 0 Å². The Labute approximate surface area is 175 Å². The van der Waals surface area contributed by atoms with Crippen molar-refractivity contribution in [3.05, 3.63) is 92.8 Å². The van der Waals surface area contributed by atoms with E-state index in [0.29, 0.717) is 38.7 Å². The summed E-state index contributed by atoms with van der Waals surface area (Å²) in [5.41, 5.74) is 1.78. The van der Waals surface area contributed by atoms with Crippen LogP contribution < -0.4 is 0 Å². The summed E-state index contributed by atoms with van der Waals surface area (Å²) >= 11 is 5.97. The monoisotopic (exact) mass is 420 g/mol. The van der Waals surface area contributed by atoms with E-state index >= 15 is 0 Å². The lowest BCUT2D eigenvalue weighted by molar-refractivity contribution is -0.384. The van der Waals surface area contributed by atoms with Crippen molar-refractivity contribution in [1.82, 2.24) is 4.98 Å². The first-order valence-electron chi connectivity index (χ1n) is 8.77. The highest BCUT2D eigenvalue weighted by molar-refractivity contribution is 6.31. The van der Waals surface area contributed by atoms with Gasteiger partial charge in [-0.25, -0.2) is 9.78 Å². The second-order valence-electron chi connectivity index (χ2n) is 6.40. The molecular formula is C22H13ClN2O5. The molecule has 4 aromatic rings. The van der Waals surface area contributed by atoms with Gasteiger partial charge in [0.2, 0.25) is 0 Å². The fraction of sp³-hybridized carbons (Fsp3) is 0. The molecule has 7 nitrogen and oxygen atoms in total. The maximum atomic E-state index is 11.6. The molecule has 2 aromatic heterocycles. The van der Waals surface area contributed by atoms with Crippen molar-refractivity contribution in [3.63, 3.8) is 0 Å². The number of aromatic nitrogens is 1. The number of rotatable bonds is 5. The predicted octanol–water partition coefficient (Wildman–Crippen LogP) is 5.93. The third kappa shape index (κ3) is 3.92. The Morgan fingerprint density at radius 1 is 1.07 bits per heavy atom. The first-order chi connectivity index (χ1) is 14.4. The van der Waals surface area contributed by atoms with E-state index in [1.54, 1.807) is 54.6 Å². The largest absolute Gasteiger partial charge is 0.478 e. The van der Waals surface area contributed by atoms with Crippen molar-refractivity contribution in [2.75, 3.05) is 0 Å². The maximum absolute atomic E-state index is 11.6. The molecule has 0 aliphatic carbocycles. The molecule has 2 aromatic carbocycles. The summed E-state index contributed by atoms with van der Waals surface area (Å²) in [6.45, 7) is 0. The molecule has 0 unspecified atom stereocenters. The van der Waals surface area contributed by atoms with Crippen LogP contribution in [0.25, 0.3) is 34.4 Å². The molecule has 0 aliphatic heterocycles. The zero-order chi connectivity index (χ0) is 21.3. The number of aromatic carboxylic acids is 1. The first kappa shape index (κ1) is 19.4. The number of hydrogen-bond donors (Lipinski definition) is 1. The molecule has 0 bridgehead atoms. The van der Waals surface area contributed by atoms with E-state index < -0.39 is 10.9 Å². The van der Waals surface area contributed by atoms with Gasteiger partial charge >= 0.3 is 5.97 Å². The van der Waals surface area contributed by atoms with E-state index in [-0.39, 0.29) is 11.3 Å². The quantitative estimate of drug-likeness (QED) is 0.317. The summed E-state index contributed by atoms with van der Waals surface area (Å²) in [5.74, 6) is 0.00730. The smallest absolute Gasteiger partial charge is 0.336 e. The number of non-ortho nitro benzene ring substituents is 1. The zero-order valence-electron chi connectivity index (χ0n) is 15.3. The molecule has 0 spiro atoms. The molecular weight excluding hydrogens is 408 g/mol. The van der Waals surface area contributed by atoms with E-state index in [1.165, 1.54) is 18.2 Å². The summed E-state index contributed by atoms with van der Waals surface area (Å²) in [6.07, 6.45) is 3.32. The number of nitro groups is 1. The van der Waals surface area contributed by atoms with E-state index in [9.17, 15) is 20.0 Å². The molecule has 0 saturated carbocycles. The Morgan fingerprint density at radius 3 is 2.53 bits per heavy atom. The molecule has 2 heterocycles. The number of nitrogens with zero attached hydrogens (tertiary/aromatic N) is 2.